The van der Waals surface area contributed by atoms with Crippen molar-refractivity contribution in [3.05, 3.63) is 90.3 Å². The molecule has 0 radical (unpaired) electrons. The van der Waals surface area contributed by atoms with Crippen molar-refractivity contribution in [3.63, 3.8) is 0 Å². The molecule has 9 heteroatoms. The average molecular weight is 511 g/mol. The number of urea groups is 1. The number of hydrogen-bond donors (Lipinski definition) is 1. The number of amides is 3. The van der Waals surface area contributed by atoms with Crippen molar-refractivity contribution in [2.75, 3.05) is 16.0 Å². The molecule has 1 saturated heterocycles. The summed E-state index contributed by atoms with van der Waals surface area (Å²) in [5.41, 5.74) is 5.31. The fourth-order valence-corrected chi connectivity index (χ4v) is 4.88. The van der Waals surface area contributed by atoms with Crippen molar-refractivity contribution in [2.45, 2.75) is 26.7 Å². The molecule has 3 aromatic carbocycles. The molecule has 1 aliphatic rings. The maximum absolute atomic E-state index is 12.7. The van der Waals surface area contributed by atoms with Gasteiger partial charge in [0.25, 0.3) is 0 Å². The molecule has 1 fully saturated rings. The third kappa shape index (κ3) is 5.31. The van der Waals surface area contributed by atoms with Crippen LogP contribution >= 0.6 is 11.8 Å². The molecule has 37 heavy (non-hydrogen) atoms. The van der Waals surface area contributed by atoms with Crippen molar-refractivity contribution in [3.8, 4) is 17.1 Å². The molecule has 8 nitrogen and oxygen atoms in total. The van der Waals surface area contributed by atoms with Crippen LogP contribution in [-0.2, 0) is 4.79 Å². The number of anilines is 2. The molecule has 1 aliphatic heterocycles. The predicted molar refractivity (Wildman–Crippen MR) is 148 cm³/mol. The molecule has 0 spiro atoms. The summed E-state index contributed by atoms with van der Waals surface area (Å²) in [6, 6.07) is 22.5. The Kier molecular flexibility index (Phi) is 6.87. The number of carbonyl (C=O) groups excluding carboxylic acids is 2. The van der Waals surface area contributed by atoms with Crippen LogP contribution in [0.5, 0.6) is 0 Å². The molecular weight excluding hydrogens is 484 g/mol. The number of amidine groups is 1. The van der Waals surface area contributed by atoms with E-state index in [2.05, 4.69) is 34.2 Å². The summed E-state index contributed by atoms with van der Waals surface area (Å²) in [6.07, 6.45) is 1.68. The first kappa shape index (κ1) is 24.5. The number of para-hydroxylation sites is 1. The third-order valence-corrected chi connectivity index (χ3v) is 6.87. The molecule has 2 heterocycles. The molecule has 0 atom stereocenters. The van der Waals surface area contributed by atoms with Crippen molar-refractivity contribution in [1.29, 1.82) is 0 Å². The number of nitrogens with one attached hydrogen (secondary N) is 1. The Labute approximate surface area is 219 Å². The van der Waals surface area contributed by atoms with Crippen LogP contribution in [0.15, 0.2) is 84.1 Å². The Morgan fingerprint density at radius 1 is 1.03 bits per heavy atom. The fraction of sp³-hybridized carbons (Fsp3) is 0.179. The molecule has 0 aliphatic carbocycles. The molecular formula is C28H26N6O2S. The maximum atomic E-state index is 12.7. The van der Waals surface area contributed by atoms with Crippen LogP contribution < -0.4 is 10.2 Å². The lowest BCUT2D eigenvalue weighted by Crippen LogP contribution is -2.31. The number of rotatable bonds is 5. The van der Waals surface area contributed by atoms with Gasteiger partial charge in [-0.15, -0.1) is 5.10 Å². The Morgan fingerprint density at radius 3 is 2.49 bits per heavy atom. The van der Waals surface area contributed by atoms with Crippen LogP contribution in [0.4, 0.5) is 16.2 Å². The lowest BCUT2D eigenvalue weighted by molar-refractivity contribution is -0.115. The van der Waals surface area contributed by atoms with E-state index in [-0.39, 0.29) is 17.6 Å². The zero-order chi connectivity index (χ0) is 25.9. The van der Waals surface area contributed by atoms with Crippen molar-refractivity contribution in [2.24, 2.45) is 4.99 Å². The monoisotopic (exact) mass is 510 g/mol. The van der Waals surface area contributed by atoms with Crippen molar-refractivity contribution in [1.82, 2.24) is 14.8 Å². The van der Waals surface area contributed by atoms with Gasteiger partial charge in [-0.25, -0.2) is 14.5 Å². The van der Waals surface area contributed by atoms with E-state index in [0.29, 0.717) is 16.7 Å². The highest BCUT2D eigenvalue weighted by molar-refractivity contribution is 8.15. The number of thioether (sulfide) groups is 1. The molecule has 0 unspecified atom stereocenters. The molecule has 186 valence electrons. The summed E-state index contributed by atoms with van der Waals surface area (Å²) in [4.78, 5) is 35.6. The van der Waals surface area contributed by atoms with Gasteiger partial charge in [0.2, 0.25) is 5.91 Å². The van der Waals surface area contributed by atoms with E-state index >= 15 is 0 Å². The Morgan fingerprint density at radius 2 is 1.76 bits per heavy atom. The number of benzene rings is 3. The minimum atomic E-state index is -0.543. The second kappa shape index (κ2) is 10.4. The van der Waals surface area contributed by atoms with Gasteiger partial charge in [0, 0.05) is 11.3 Å². The van der Waals surface area contributed by atoms with Gasteiger partial charge in [0.15, 0.2) is 11.0 Å². The van der Waals surface area contributed by atoms with E-state index in [4.69, 9.17) is 0 Å². The van der Waals surface area contributed by atoms with Crippen LogP contribution in [-0.4, -0.2) is 37.6 Å². The van der Waals surface area contributed by atoms with Gasteiger partial charge in [0.05, 0.1) is 17.1 Å². The summed E-state index contributed by atoms with van der Waals surface area (Å²) in [5, 5.41) is 7.72. The quantitative estimate of drug-likeness (QED) is 0.354. The lowest BCUT2D eigenvalue weighted by atomic mass is 10.0. The first-order valence-electron chi connectivity index (χ1n) is 11.9. The normalized spacial score (nSPS) is 14.5. The van der Waals surface area contributed by atoms with Crippen molar-refractivity contribution < 1.29 is 9.59 Å². The van der Waals surface area contributed by atoms with Crippen LogP contribution in [0.25, 0.3) is 17.1 Å². The van der Waals surface area contributed by atoms with E-state index in [1.54, 1.807) is 28.0 Å². The summed E-state index contributed by atoms with van der Waals surface area (Å²) in [5.74, 6) is 0.960. The Bertz CT molecular complexity index is 1480. The van der Waals surface area contributed by atoms with Gasteiger partial charge in [-0.05, 0) is 60.9 Å². The number of aromatic nitrogens is 3. The van der Waals surface area contributed by atoms with Gasteiger partial charge >= 0.3 is 6.03 Å². The van der Waals surface area contributed by atoms with Gasteiger partial charge in [-0.2, -0.15) is 4.99 Å². The summed E-state index contributed by atoms with van der Waals surface area (Å²) >= 11 is 1.26. The van der Waals surface area contributed by atoms with E-state index in [0.717, 1.165) is 22.5 Å². The largest absolute Gasteiger partial charge is 0.347 e. The summed E-state index contributed by atoms with van der Waals surface area (Å²) < 4.78 is 1.73. The molecule has 0 bridgehead atoms. The smallest absolute Gasteiger partial charge is 0.306 e. The maximum Gasteiger partial charge on any atom is 0.347 e. The van der Waals surface area contributed by atoms with Gasteiger partial charge in [-0.3, -0.25) is 9.69 Å². The van der Waals surface area contributed by atoms with E-state index < -0.39 is 6.03 Å². The number of carbonyl (C=O) groups is 2. The van der Waals surface area contributed by atoms with Crippen LogP contribution in [0.3, 0.4) is 0 Å². The van der Waals surface area contributed by atoms with E-state index in [1.165, 1.54) is 17.3 Å². The van der Waals surface area contributed by atoms with E-state index in [1.807, 2.05) is 67.6 Å². The number of aliphatic imine (C=N–C) groups is 1. The minimum absolute atomic E-state index is 0.0911. The SMILES string of the molecule is Cc1ccc(-n2cnc(-c3ccc(NC(=O)/N=C4\SCC(=O)N4c4ccccc4C(C)C)cc3)n2)cc1. The van der Waals surface area contributed by atoms with Gasteiger partial charge < -0.3 is 5.32 Å². The first-order chi connectivity index (χ1) is 17.9. The standard InChI is InChI=1S/C28H26N6O2S/c1-18(2)23-6-4-5-7-24(23)34-25(35)16-37-28(34)31-27(36)30-21-12-10-20(11-13-21)26-29-17-33(32-26)22-14-8-19(3)9-15-22/h4-15,17-18H,16H2,1-3H3,(H,30,36)/b31-28-. The minimum Gasteiger partial charge on any atom is -0.306 e. The van der Waals surface area contributed by atoms with Crippen molar-refractivity contribution >= 4 is 40.2 Å². The summed E-state index contributed by atoms with van der Waals surface area (Å²) in [7, 11) is 0. The molecule has 3 amide bonds. The number of aryl methyl sites for hydroxylation is 1. The van der Waals surface area contributed by atoms with Crippen LogP contribution in [0.2, 0.25) is 0 Å². The molecule has 4 aromatic rings. The van der Waals surface area contributed by atoms with Crippen LogP contribution in [0, 0.1) is 6.92 Å². The molecule has 0 saturated carbocycles. The number of nitrogens with zero attached hydrogens (tertiary/aromatic N) is 5. The molecule has 1 N–H and O–H groups in total. The highest BCUT2D eigenvalue weighted by atomic mass is 32.2. The zero-order valence-electron chi connectivity index (χ0n) is 20.8. The molecule has 5 rings (SSSR count). The molecule has 1 aromatic heterocycles. The average Bonchev–Trinajstić information content (AvgIpc) is 3.52. The first-order valence-corrected chi connectivity index (χ1v) is 12.9. The number of hydrogen-bond acceptors (Lipinski definition) is 5. The predicted octanol–water partition coefficient (Wildman–Crippen LogP) is 6.03. The Balaban J connectivity index is 1.30. The fourth-order valence-electron chi connectivity index (χ4n) is 4.02. The lowest BCUT2D eigenvalue weighted by Gasteiger charge is -2.21. The second-order valence-electron chi connectivity index (χ2n) is 8.98. The van der Waals surface area contributed by atoms with Gasteiger partial charge in [0.1, 0.15) is 6.33 Å². The summed E-state index contributed by atoms with van der Waals surface area (Å²) in [6.45, 7) is 6.18. The topological polar surface area (TPSA) is 92.5 Å². The van der Waals surface area contributed by atoms with E-state index in [9.17, 15) is 9.59 Å². The Hall–Kier alpha value is -4.24. The van der Waals surface area contributed by atoms with Gasteiger partial charge in [-0.1, -0.05) is 61.5 Å². The highest BCUT2D eigenvalue weighted by Crippen LogP contribution is 2.33. The third-order valence-electron chi connectivity index (χ3n) is 5.95. The van der Waals surface area contributed by atoms with Crippen LogP contribution in [0.1, 0.15) is 30.9 Å². The zero-order valence-corrected chi connectivity index (χ0v) is 21.6. The second-order valence-corrected chi connectivity index (χ2v) is 9.92. The highest BCUT2D eigenvalue weighted by Gasteiger charge is 2.32.